The van der Waals surface area contributed by atoms with E-state index in [4.69, 9.17) is 14.2 Å². The zero-order valence-corrected chi connectivity index (χ0v) is 20.8. The van der Waals surface area contributed by atoms with Crippen molar-refractivity contribution in [3.8, 4) is 0 Å². The molecule has 0 amide bonds. The lowest BCUT2D eigenvalue weighted by Gasteiger charge is -2.41. The van der Waals surface area contributed by atoms with Crippen molar-refractivity contribution in [2.24, 2.45) is 0 Å². The molecule has 206 valence electrons. The Hall–Kier alpha value is -1.34. The van der Waals surface area contributed by atoms with Gasteiger partial charge in [0.25, 0.3) is 0 Å². The lowest BCUT2D eigenvalue weighted by Crippen LogP contribution is -2.59. The maximum absolute atomic E-state index is 12.4. The third kappa shape index (κ3) is 12.0. The summed E-state index contributed by atoms with van der Waals surface area (Å²) in [4.78, 5) is 23.9. The van der Waals surface area contributed by atoms with E-state index < -0.39 is 74.0 Å². The molecule has 1 aliphatic rings. The number of carboxylic acid groups (broad SMARTS) is 1. The van der Waals surface area contributed by atoms with Crippen LogP contribution in [-0.2, 0) is 23.8 Å². The molecule has 0 aromatic heterocycles. The van der Waals surface area contributed by atoms with E-state index in [1.54, 1.807) is 0 Å². The SMILES string of the molecule is CCCCC[C@H](O)CC(=O)O[C@@H](CCCCC)C[C@H](CC(=O)O)O[C@@H]1O[C@H](CO)[C@@H](O)[C@H](O)[C@@H]1O. The number of aliphatic hydroxyl groups excluding tert-OH is 5. The first-order valence-electron chi connectivity index (χ1n) is 12.7. The molecule has 1 rings (SSSR count). The van der Waals surface area contributed by atoms with Crippen molar-refractivity contribution in [2.45, 2.75) is 133 Å². The van der Waals surface area contributed by atoms with Crippen molar-refractivity contribution < 1.29 is 54.4 Å². The highest BCUT2D eigenvalue weighted by Crippen LogP contribution is 2.26. The maximum Gasteiger partial charge on any atom is 0.308 e. The van der Waals surface area contributed by atoms with Gasteiger partial charge in [-0.1, -0.05) is 46.0 Å². The van der Waals surface area contributed by atoms with Gasteiger partial charge in [0.2, 0.25) is 0 Å². The predicted octanol–water partition coefficient (Wildman–Crippen LogP) is 0.860. The van der Waals surface area contributed by atoms with Gasteiger partial charge in [0, 0.05) is 6.42 Å². The molecule has 0 spiro atoms. The largest absolute Gasteiger partial charge is 0.481 e. The molecule has 0 saturated carbocycles. The zero-order valence-electron chi connectivity index (χ0n) is 20.8. The van der Waals surface area contributed by atoms with E-state index in [1.807, 2.05) is 13.8 Å². The lowest BCUT2D eigenvalue weighted by molar-refractivity contribution is -0.312. The standard InChI is InChI=1S/C24H44O11/c1-3-5-7-9-15(26)11-20(29)33-16(10-8-6-4-2)12-17(13-19(27)28)34-24-23(32)22(31)21(30)18(14-25)35-24/h15-18,21-26,30-32H,3-14H2,1-2H3,(H,27,28)/t15-,16-,17+,18+,21+,22-,23-,24+/m0/s1. The average molecular weight is 509 g/mol. The monoisotopic (exact) mass is 508 g/mol. The van der Waals surface area contributed by atoms with Crippen LogP contribution in [-0.4, -0.2) is 98.2 Å². The maximum atomic E-state index is 12.4. The van der Waals surface area contributed by atoms with Crippen LogP contribution in [0.25, 0.3) is 0 Å². The normalized spacial score (nSPS) is 27.2. The van der Waals surface area contributed by atoms with Crippen molar-refractivity contribution in [1.82, 2.24) is 0 Å². The summed E-state index contributed by atoms with van der Waals surface area (Å²) in [6.07, 6.45) is -4.58. The summed E-state index contributed by atoms with van der Waals surface area (Å²) < 4.78 is 16.6. The van der Waals surface area contributed by atoms with Crippen LogP contribution in [0.5, 0.6) is 0 Å². The number of carbonyl (C=O) groups excluding carboxylic acids is 1. The fourth-order valence-corrected chi connectivity index (χ4v) is 4.05. The van der Waals surface area contributed by atoms with Gasteiger partial charge >= 0.3 is 11.9 Å². The topological polar surface area (TPSA) is 183 Å². The summed E-state index contributed by atoms with van der Waals surface area (Å²) in [5.41, 5.74) is 0. The molecule has 0 aromatic rings. The van der Waals surface area contributed by atoms with Crippen molar-refractivity contribution in [3.05, 3.63) is 0 Å². The first-order valence-corrected chi connectivity index (χ1v) is 12.7. The molecule has 0 aromatic carbocycles. The molecule has 0 aliphatic carbocycles. The molecule has 6 N–H and O–H groups in total. The minimum absolute atomic E-state index is 0.0112. The fraction of sp³-hybridized carbons (Fsp3) is 0.917. The molecule has 0 unspecified atom stereocenters. The Kier molecular flexibility index (Phi) is 15.5. The van der Waals surface area contributed by atoms with Crippen LogP contribution in [0.15, 0.2) is 0 Å². The van der Waals surface area contributed by atoms with E-state index in [0.29, 0.717) is 12.8 Å². The third-order valence-corrected chi connectivity index (χ3v) is 6.07. The molecular formula is C24H44O11. The van der Waals surface area contributed by atoms with Gasteiger partial charge in [-0.2, -0.15) is 0 Å². The number of rotatable bonds is 18. The van der Waals surface area contributed by atoms with Crippen LogP contribution >= 0.6 is 0 Å². The average Bonchev–Trinajstić information content (AvgIpc) is 2.79. The molecule has 1 fully saturated rings. The van der Waals surface area contributed by atoms with E-state index in [0.717, 1.165) is 38.5 Å². The number of carboxylic acids is 1. The van der Waals surface area contributed by atoms with E-state index in [1.165, 1.54) is 0 Å². The molecule has 11 nitrogen and oxygen atoms in total. The van der Waals surface area contributed by atoms with E-state index >= 15 is 0 Å². The molecule has 0 bridgehead atoms. The molecule has 11 heteroatoms. The first kappa shape index (κ1) is 31.7. The number of aliphatic hydroxyl groups is 5. The number of aliphatic carboxylic acids is 1. The summed E-state index contributed by atoms with van der Waals surface area (Å²) in [6, 6.07) is 0. The van der Waals surface area contributed by atoms with Crippen molar-refractivity contribution in [3.63, 3.8) is 0 Å². The minimum atomic E-state index is -1.68. The van der Waals surface area contributed by atoms with Crippen molar-refractivity contribution >= 4 is 11.9 Å². The van der Waals surface area contributed by atoms with Gasteiger partial charge < -0.3 is 44.8 Å². The highest BCUT2D eigenvalue weighted by Gasteiger charge is 2.45. The molecule has 0 radical (unpaired) electrons. The third-order valence-electron chi connectivity index (χ3n) is 6.07. The number of hydrogen-bond donors (Lipinski definition) is 6. The van der Waals surface area contributed by atoms with Crippen LogP contribution in [0.4, 0.5) is 0 Å². The van der Waals surface area contributed by atoms with Gasteiger partial charge in [-0.3, -0.25) is 9.59 Å². The number of hydrogen-bond acceptors (Lipinski definition) is 10. The van der Waals surface area contributed by atoms with Crippen LogP contribution < -0.4 is 0 Å². The zero-order chi connectivity index (χ0) is 26.4. The highest BCUT2D eigenvalue weighted by molar-refractivity contribution is 5.70. The second-order valence-electron chi connectivity index (χ2n) is 9.25. The quantitative estimate of drug-likeness (QED) is 0.114. The van der Waals surface area contributed by atoms with Gasteiger partial charge in [0.05, 0.1) is 31.7 Å². The lowest BCUT2D eigenvalue weighted by atomic mass is 9.98. The van der Waals surface area contributed by atoms with Crippen LogP contribution in [0.2, 0.25) is 0 Å². The van der Waals surface area contributed by atoms with Crippen molar-refractivity contribution in [1.29, 1.82) is 0 Å². The number of unbranched alkanes of at least 4 members (excludes halogenated alkanes) is 4. The second-order valence-corrected chi connectivity index (χ2v) is 9.25. The Balaban J connectivity index is 2.85. The highest BCUT2D eigenvalue weighted by atomic mass is 16.7. The molecule has 1 heterocycles. The van der Waals surface area contributed by atoms with Gasteiger partial charge in [-0.25, -0.2) is 0 Å². The molecule has 8 atom stereocenters. The Morgan fingerprint density at radius 1 is 0.886 bits per heavy atom. The summed E-state index contributed by atoms with van der Waals surface area (Å²) in [5.74, 6) is -1.78. The van der Waals surface area contributed by atoms with Crippen LogP contribution in [0.3, 0.4) is 0 Å². The molecular weight excluding hydrogens is 464 g/mol. The Morgan fingerprint density at radius 2 is 1.51 bits per heavy atom. The van der Waals surface area contributed by atoms with E-state index in [2.05, 4.69) is 0 Å². The Bertz CT molecular complexity index is 600. The number of ether oxygens (including phenoxy) is 3. The Morgan fingerprint density at radius 3 is 2.09 bits per heavy atom. The van der Waals surface area contributed by atoms with Crippen molar-refractivity contribution in [2.75, 3.05) is 6.61 Å². The first-order chi connectivity index (χ1) is 16.6. The number of esters is 1. The molecule has 1 saturated heterocycles. The van der Waals surface area contributed by atoms with Gasteiger partial charge in [0.1, 0.15) is 30.5 Å². The summed E-state index contributed by atoms with van der Waals surface area (Å²) in [5, 5.41) is 59.0. The summed E-state index contributed by atoms with van der Waals surface area (Å²) in [6.45, 7) is 3.41. The fourth-order valence-electron chi connectivity index (χ4n) is 4.05. The summed E-state index contributed by atoms with van der Waals surface area (Å²) in [7, 11) is 0. The molecule has 1 aliphatic heterocycles. The smallest absolute Gasteiger partial charge is 0.308 e. The Labute approximate surface area is 207 Å². The number of carbonyl (C=O) groups is 2. The van der Waals surface area contributed by atoms with Crippen LogP contribution in [0.1, 0.15) is 84.5 Å². The second kappa shape index (κ2) is 17.2. The van der Waals surface area contributed by atoms with Gasteiger partial charge in [-0.05, 0) is 19.3 Å². The summed E-state index contributed by atoms with van der Waals surface area (Å²) >= 11 is 0. The van der Waals surface area contributed by atoms with E-state index in [9.17, 15) is 40.2 Å². The van der Waals surface area contributed by atoms with E-state index in [-0.39, 0.29) is 12.8 Å². The van der Waals surface area contributed by atoms with Gasteiger partial charge in [0.15, 0.2) is 6.29 Å². The van der Waals surface area contributed by atoms with Crippen LogP contribution in [0, 0.1) is 0 Å². The molecule has 35 heavy (non-hydrogen) atoms. The predicted molar refractivity (Wildman–Crippen MR) is 124 cm³/mol. The van der Waals surface area contributed by atoms with Gasteiger partial charge in [-0.15, -0.1) is 0 Å². The minimum Gasteiger partial charge on any atom is -0.481 e.